The smallest absolute Gasteiger partial charge is 0.446 e. The molecule has 0 aliphatic rings. The molecule has 0 aromatic heterocycles. The number of aromatic carboxylic acids is 1. The van der Waals surface area contributed by atoms with Gasteiger partial charge in [0.1, 0.15) is 5.56 Å². The molecule has 0 amide bonds. The lowest BCUT2D eigenvalue weighted by atomic mass is 10.2. The number of aliphatic hydroxyl groups is 3. The Kier molecular flexibility index (Phi) is 10.9. The van der Waals surface area contributed by atoms with Gasteiger partial charge in [-0.1, -0.05) is 12.1 Å². The average molecular weight is 367 g/mol. The summed E-state index contributed by atoms with van der Waals surface area (Å²) in [5.41, 5.74) is -0.342. The van der Waals surface area contributed by atoms with Gasteiger partial charge in [-0.15, -0.1) is 0 Å². The number of carbonyl (C=O) groups is 1. The standard InChI is InChI=1S/C7H6O6S.C6H15NO3/c8-7(9)5-3-1-2-4-6(5)13-14(10,11)12;8-4-1-7(2-5-9)3-6-10/h1-4H,(H,8,9)(H,10,11,12);8-10H,1-6H2. The largest absolute Gasteiger partial charge is 0.478 e. The summed E-state index contributed by atoms with van der Waals surface area (Å²) in [7, 11) is -4.70. The molecule has 1 aromatic carbocycles. The van der Waals surface area contributed by atoms with E-state index in [1.165, 1.54) is 12.1 Å². The molecule has 0 unspecified atom stereocenters. The number of rotatable bonds is 9. The van der Waals surface area contributed by atoms with Crippen molar-refractivity contribution in [1.29, 1.82) is 0 Å². The first-order valence-corrected chi connectivity index (χ1v) is 8.15. The minimum Gasteiger partial charge on any atom is -0.478 e. The van der Waals surface area contributed by atoms with Crippen LogP contribution in [0.4, 0.5) is 0 Å². The van der Waals surface area contributed by atoms with Gasteiger partial charge in [0, 0.05) is 19.6 Å². The molecule has 1 aromatic rings. The third-order valence-electron chi connectivity index (χ3n) is 2.56. The van der Waals surface area contributed by atoms with E-state index < -0.39 is 22.1 Å². The summed E-state index contributed by atoms with van der Waals surface area (Å²) >= 11 is 0. The van der Waals surface area contributed by atoms with Crippen molar-refractivity contribution in [3.8, 4) is 5.75 Å². The van der Waals surface area contributed by atoms with Crippen molar-refractivity contribution >= 4 is 16.4 Å². The number of carboxylic acids is 1. The first-order chi connectivity index (χ1) is 11.2. The highest BCUT2D eigenvalue weighted by molar-refractivity contribution is 7.81. The third-order valence-corrected chi connectivity index (χ3v) is 2.95. The summed E-state index contributed by atoms with van der Waals surface area (Å²) in [6, 6.07) is 5.06. The second kappa shape index (κ2) is 11.7. The summed E-state index contributed by atoms with van der Waals surface area (Å²) in [4.78, 5) is 12.3. The first-order valence-electron chi connectivity index (χ1n) is 6.79. The van der Waals surface area contributed by atoms with E-state index in [0.29, 0.717) is 19.6 Å². The molecule has 0 radical (unpaired) electrons. The zero-order valence-corrected chi connectivity index (χ0v) is 13.6. The van der Waals surface area contributed by atoms with E-state index in [2.05, 4.69) is 4.18 Å². The predicted octanol–water partition coefficient (Wildman–Crippen LogP) is -1.17. The van der Waals surface area contributed by atoms with Gasteiger partial charge in [-0.25, -0.2) is 4.79 Å². The van der Waals surface area contributed by atoms with Crippen molar-refractivity contribution in [2.75, 3.05) is 39.5 Å². The Bertz CT molecular complexity index is 577. The molecule has 0 spiro atoms. The van der Waals surface area contributed by atoms with Crippen molar-refractivity contribution in [1.82, 2.24) is 4.90 Å². The Hall–Kier alpha value is -1.76. The maximum Gasteiger partial charge on any atom is 0.446 e. The molecule has 0 saturated heterocycles. The van der Waals surface area contributed by atoms with Gasteiger partial charge < -0.3 is 24.6 Å². The fourth-order valence-electron chi connectivity index (χ4n) is 1.59. The van der Waals surface area contributed by atoms with Gasteiger partial charge in [0.25, 0.3) is 0 Å². The quantitative estimate of drug-likeness (QED) is 0.336. The number of aliphatic hydroxyl groups excluding tert-OH is 3. The monoisotopic (exact) mass is 367 g/mol. The fraction of sp³-hybridized carbons (Fsp3) is 0.462. The molecular weight excluding hydrogens is 346 g/mol. The molecule has 0 fully saturated rings. The summed E-state index contributed by atoms with van der Waals surface area (Å²) in [5, 5.41) is 34.1. The number of para-hydroxylation sites is 1. The molecule has 24 heavy (non-hydrogen) atoms. The van der Waals surface area contributed by atoms with Crippen LogP contribution in [-0.2, 0) is 10.4 Å². The summed E-state index contributed by atoms with van der Waals surface area (Å²) in [6.07, 6.45) is 0. The van der Waals surface area contributed by atoms with Crippen LogP contribution in [-0.4, -0.2) is 83.7 Å². The van der Waals surface area contributed by atoms with E-state index in [1.807, 2.05) is 0 Å². The maximum absolute atomic E-state index is 10.6. The number of benzene rings is 1. The predicted molar refractivity (Wildman–Crippen MR) is 83.3 cm³/mol. The maximum atomic E-state index is 10.6. The Labute approximate surface area is 139 Å². The topological polar surface area (TPSA) is 165 Å². The summed E-state index contributed by atoms with van der Waals surface area (Å²) in [6.45, 7) is 1.75. The minimum absolute atomic E-state index is 0.0694. The molecule has 138 valence electrons. The Morgan fingerprint density at radius 3 is 1.83 bits per heavy atom. The zero-order valence-electron chi connectivity index (χ0n) is 12.8. The van der Waals surface area contributed by atoms with Gasteiger partial charge in [-0.2, -0.15) is 8.42 Å². The fourth-order valence-corrected chi connectivity index (χ4v) is 1.96. The molecule has 0 aliphatic carbocycles. The van der Waals surface area contributed by atoms with E-state index >= 15 is 0 Å². The van der Waals surface area contributed by atoms with Gasteiger partial charge in [-0.05, 0) is 12.1 Å². The van der Waals surface area contributed by atoms with Crippen LogP contribution in [0.15, 0.2) is 24.3 Å². The molecule has 0 aliphatic heterocycles. The molecule has 0 atom stereocenters. The van der Waals surface area contributed by atoms with E-state index in [0.717, 1.165) is 12.1 Å². The first kappa shape index (κ1) is 22.2. The van der Waals surface area contributed by atoms with Crippen LogP contribution < -0.4 is 4.18 Å². The van der Waals surface area contributed by atoms with Gasteiger partial charge in [0.05, 0.1) is 19.8 Å². The average Bonchev–Trinajstić information content (AvgIpc) is 2.47. The zero-order chi connectivity index (χ0) is 18.6. The van der Waals surface area contributed by atoms with E-state index in [9.17, 15) is 13.2 Å². The molecule has 1 rings (SSSR count). The van der Waals surface area contributed by atoms with Crippen LogP contribution >= 0.6 is 0 Å². The van der Waals surface area contributed by atoms with Crippen LogP contribution in [0.25, 0.3) is 0 Å². The Balaban J connectivity index is 0.000000470. The van der Waals surface area contributed by atoms with Crippen LogP contribution in [0, 0.1) is 0 Å². The molecule has 5 N–H and O–H groups in total. The van der Waals surface area contributed by atoms with Crippen molar-refractivity contribution in [2.45, 2.75) is 0 Å². The van der Waals surface area contributed by atoms with Gasteiger partial charge in [0.15, 0.2) is 5.75 Å². The molecule has 0 saturated carbocycles. The Morgan fingerprint density at radius 2 is 1.46 bits per heavy atom. The highest BCUT2D eigenvalue weighted by Crippen LogP contribution is 2.18. The lowest BCUT2D eigenvalue weighted by molar-refractivity contribution is 0.0695. The Morgan fingerprint density at radius 1 is 1.00 bits per heavy atom. The minimum atomic E-state index is -4.70. The third kappa shape index (κ3) is 10.1. The summed E-state index contributed by atoms with van der Waals surface area (Å²) < 4.78 is 33.0. The van der Waals surface area contributed by atoms with Crippen LogP contribution in [0.2, 0.25) is 0 Å². The van der Waals surface area contributed by atoms with Crippen molar-refractivity contribution in [2.24, 2.45) is 0 Å². The molecular formula is C13H21NO9S. The number of carboxylic acid groups (broad SMARTS) is 1. The van der Waals surface area contributed by atoms with Gasteiger partial charge in [0.2, 0.25) is 0 Å². The van der Waals surface area contributed by atoms with Gasteiger partial charge >= 0.3 is 16.4 Å². The van der Waals surface area contributed by atoms with Crippen molar-refractivity contribution in [3.05, 3.63) is 29.8 Å². The second-order valence-corrected chi connectivity index (χ2v) is 5.35. The number of nitrogens with zero attached hydrogens (tertiary/aromatic N) is 1. The SMILES string of the molecule is O=C(O)c1ccccc1OS(=O)(=O)O.OCCN(CCO)CCO. The summed E-state index contributed by atoms with van der Waals surface area (Å²) in [5.74, 6) is -1.77. The normalized spacial score (nSPS) is 10.9. The van der Waals surface area contributed by atoms with Crippen LogP contribution in [0.3, 0.4) is 0 Å². The van der Waals surface area contributed by atoms with E-state index in [1.54, 1.807) is 4.90 Å². The molecule has 0 bridgehead atoms. The molecule has 0 heterocycles. The molecule has 11 heteroatoms. The van der Waals surface area contributed by atoms with E-state index in [-0.39, 0.29) is 25.4 Å². The lowest BCUT2D eigenvalue weighted by Crippen LogP contribution is -2.32. The highest BCUT2D eigenvalue weighted by Gasteiger charge is 2.15. The van der Waals surface area contributed by atoms with Crippen LogP contribution in [0.1, 0.15) is 10.4 Å². The van der Waals surface area contributed by atoms with Crippen LogP contribution in [0.5, 0.6) is 5.75 Å². The van der Waals surface area contributed by atoms with E-state index in [4.69, 9.17) is 25.0 Å². The second-order valence-electron chi connectivity index (χ2n) is 4.32. The lowest BCUT2D eigenvalue weighted by Gasteiger charge is -2.17. The molecule has 10 nitrogen and oxygen atoms in total. The highest BCUT2D eigenvalue weighted by atomic mass is 32.3. The van der Waals surface area contributed by atoms with Crippen molar-refractivity contribution in [3.63, 3.8) is 0 Å². The van der Waals surface area contributed by atoms with Gasteiger partial charge in [-0.3, -0.25) is 9.45 Å². The van der Waals surface area contributed by atoms with Crippen molar-refractivity contribution < 1.29 is 42.4 Å². The number of hydrogen-bond donors (Lipinski definition) is 5. The number of hydrogen-bond acceptors (Lipinski definition) is 8.